The summed E-state index contributed by atoms with van der Waals surface area (Å²) in [7, 11) is -2.85. The van der Waals surface area contributed by atoms with E-state index in [1.54, 1.807) is 13.5 Å². The molecule has 0 aliphatic carbocycles. The normalized spacial score (nSPS) is 12.0. The molecule has 0 aromatic rings. The molecule has 0 aromatic carbocycles. The van der Waals surface area contributed by atoms with Gasteiger partial charge in [-0.25, -0.2) is 0 Å². The lowest BCUT2D eigenvalue weighted by molar-refractivity contribution is -0.0120. The smallest absolute Gasteiger partial charge is 0.351 e. The van der Waals surface area contributed by atoms with Gasteiger partial charge in [0.05, 0.1) is 6.61 Å². The summed E-state index contributed by atoms with van der Waals surface area (Å²) >= 11 is 0. The molecule has 13 heavy (non-hydrogen) atoms. The van der Waals surface area contributed by atoms with Gasteiger partial charge in [-0.05, 0) is 27.7 Å². The predicted octanol–water partition coefficient (Wildman–Crippen LogP) is 1.73. The topological polar surface area (TPSA) is 36.9 Å². The molecule has 1 radical (unpaired) electrons. The van der Waals surface area contributed by atoms with Crippen molar-refractivity contribution in [3.05, 3.63) is 6.61 Å². The standard InChI is InChI=1S/C8H19O4Si/c1-5-9-13(10-6-2,11-7-3)12-8-4/h5H,6-8H2,1-4H3. The van der Waals surface area contributed by atoms with Gasteiger partial charge in [0.1, 0.15) is 0 Å². The highest BCUT2D eigenvalue weighted by molar-refractivity contribution is 6.53. The molecule has 0 spiro atoms. The van der Waals surface area contributed by atoms with E-state index in [-0.39, 0.29) is 0 Å². The Morgan fingerprint density at radius 3 is 1.54 bits per heavy atom. The number of hydrogen-bond donors (Lipinski definition) is 0. The number of hydrogen-bond acceptors (Lipinski definition) is 4. The second-order valence-electron chi connectivity index (χ2n) is 2.15. The molecule has 0 aliphatic heterocycles. The molecule has 0 rings (SSSR count). The van der Waals surface area contributed by atoms with E-state index in [1.165, 1.54) is 0 Å². The minimum atomic E-state index is -2.85. The molecule has 0 heterocycles. The van der Waals surface area contributed by atoms with Gasteiger partial charge in [-0.3, -0.25) is 0 Å². The third-order valence-corrected chi connectivity index (χ3v) is 3.68. The second-order valence-corrected chi connectivity index (χ2v) is 4.25. The first-order valence-corrected chi connectivity index (χ1v) is 6.25. The van der Waals surface area contributed by atoms with Crippen molar-refractivity contribution in [3.63, 3.8) is 0 Å². The molecule has 5 heteroatoms. The third kappa shape index (κ3) is 4.73. The molecule has 0 unspecified atom stereocenters. The minimum absolute atomic E-state index is 0.528. The van der Waals surface area contributed by atoms with Crippen LogP contribution in [0.5, 0.6) is 0 Å². The molecule has 0 saturated carbocycles. The van der Waals surface area contributed by atoms with E-state index in [0.717, 1.165) is 0 Å². The fraction of sp³-hybridized carbons (Fsp3) is 0.875. The van der Waals surface area contributed by atoms with Crippen LogP contribution in [-0.4, -0.2) is 28.9 Å². The molecule has 0 fully saturated rings. The van der Waals surface area contributed by atoms with Crippen molar-refractivity contribution >= 4 is 9.05 Å². The van der Waals surface area contributed by atoms with E-state index in [1.807, 2.05) is 20.8 Å². The van der Waals surface area contributed by atoms with Gasteiger partial charge in [0.15, 0.2) is 0 Å². The average molecular weight is 207 g/mol. The lowest BCUT2D eigenvalue weighted by atomic mass is 10.9. The van der Waals surface area contributed by atoms with Gasteiger partial charge < -0.3 is 17.7 Å². The summed E-state index contributed by atoms with van der Waals surface area (Å²) < 4.78 is 21.5. The summed E-state index contributed by atoms with van der Waals surface area (Å²) in [6.45, 7) is 10.6. The van der Waals surface area contributed by atoms with Crippen molar-refractivity contribution in [2.75, 3.05) is 19.8 Å². The van der Waals surface area contributed by atoms with E-state index in [2.05, 4.69) is 0 Å². The third-order valence-electron chi connectivity index (χ3n) is 1.23. The van der Waals surface area contributed by atoms with E-state index < -0.39 is 9.05 Å². The Kier molecular flexibility index (Phi) is 7.49. The van der Waals surface area contributed by atoms with Crippen LogP contribution in [0.2, 0.25) is 0 Å². The van der Waals surface area contributed by atoms with Crippen LogP contribution in [0.15, 0.2) is 0 Å². The Morgan fingerprint density at radius 2 is 1.31 bits per heavy atom. The van der Waals surface area contributed by atoms with Crippen LogP contribution < -0.4 is 0 Å². The summed E-state index contributed by atoms with van der Waals surface area (Å²) in [6, 6.07) is 0. The monoisotopic (exact) mass is 207 g/mol. The maximum absolute atomic E-state index is 5.39. The average Bonchev–Trinajstić information content (AvgIpc) is 2.06. The van der Waals surface area contributed by atoms with Crippen LogP contribution >= 0.6 is 0 Å². The van der Waals surface area contributed by atoms with Gasteiger partial charge in [0.25, 0.3) is 0 Å². The van der Waals surface area contributed by atoms with E-state index in [0.29, 0.717) is 19.8 Å². The second kappa shape index (κ2) is 7.46. The van der Waals surface area contributed by atoms with Crippen LogP contribution in [0.4, 0.5) is 0 Å². The fourth-order valence-corrected chi connectivity index (χ4v) is 2.71. The Morgan fingerprint density at radius 1 is 0.923 bits per heavy atom. The zero-order chi connectivity index (χ0) is 10.2. The summed E-state index contributed by atoms with van der Waals surface area (Å²) in [5.74, 6) is 0. The molecular formula is C8H19O4Si. The largest absolute Gasteiger partial charge is 0.680 e. The summed E-state index contributed by atoms with van der Waals surface area (Å²) in [4.78, 5) is 0. The van der Waals surface area contributed by atoms with Crippen molar-refractivity contribution in [1.82, 2.24) is 0 Å². The lowest BCUT2D eigenvalue weighted by Gasteiger charge is -2.25. The highest BCUT2D eigenvalue weighted by Crippen LogP contribution is 2.12. The molecule has 0 aromatic heterocycles. The highest BCUT2D eigenvalue weighted by atomic mass is 28.4. The van der Waals surface area contributed by atoms with Gasteiger partial charge >= 0.3 is 9.05 Å². The molecule has 4 nitrogen and oxygen atoms in total. The lowest BCUT2D eigenvalue weighted by Crippen LogP contribution is -2.48. The van der Waals surface area contributed by atoms with Crippen LogP contribution in [0, 0.1) is 6.61 Å². The van der Waals surface area contributed by atoms with Gasteiger partial charge in [0, 0.05) is 19.8 Å². The number of rotatable bonds is 8. The first-order valence-electron chi connectivity index (χ1n) is 4.62. The Balaban J connectivity index is 4.19. The molecule has 0 atom stereocenters. The summed E-state index contributed by atoms with van der Waals surface area (Å²) in [5.41, 5.74) is 0. The van der Waals surface area contributed by atoms with Crippen LogP contribution in [0.1, 0.15) is 27.7 Å². The van der Waals surface area contributed by atoms with Gasteiger partial charge in [-0.2, -0.15) is 0 Å². The van der Waals surface area contributed by atoms with E-state index >= 15 is 0 Å². The quantitative estimate of drug-likeness (QED) is 0.568. The van der Waals surface area contributed by atoms with Gasteiger partial charge in [-0.15, -0.1) is 0 Å². The van der Waals surface area contributed by atoms with Gasteiger partial charge in [-0.1, -0.05) is 0 Å². The Bertz CT molecular complexity index is 91.2. The molecule has 0 bridgehead atoms. The zero-order valence-electron chi connectivity index (χ0n) is 8.83. The highest BCUT2D eigenvalue weighted by Gasteiger charge is 2.44. The molecule has 0 amide bonds. The molecule has 0 saturated heterocycles. The van der Waals surface area contributed by atoms with Gasteiger partial charge in [0.2, 0.25) is 0 Å². The molecule has 0 aliphatic rings. The van der Waals surface area contributed by atoms with Crippen molar-refractivity contribution in [1.29, 1.82) is 0 Å². The van der Waals surface area contributed by atoms with Crippen molar-refractivity contribution < 1.29 is 17.7 Å². The maximum atomic E-state index is 5.39. The van der Waals surface area contributed by atoms with Crippen molar-refractivity contribution in [3.8, 4) is 0 Å². The Labute approximate surface area is 81.6 Å². The van der Waals surface area contributed by atoms with E-state index in [4.69, 9.17) is 17.7 Å². The van der Waals surface area contributed by atoms with Crippen LogP contribution in [0.25, 0.3) is 0 Å². The fourth-order valence-electron chi connectivity index (χ4n) is 0.902. The van der Waals surface area contributed by atoms with Crippen LogP contribution in [0.3, 0.4) is 0 Å². The zero-order valence-corrected chi connectivity index (χ0v) is 9.83. The summed E-state index contributed by atoms with van der Waals surface area (Å²) in [6.07, 6.45) is 0. The predicted molar refractivity (Wildman–Crippen MR) is 51.7 cm³/mol. The first-order chi connectivity index (χ1) is 6.24. The summed E-state index contributed by atoms with van der Waals surface area (Å²) in [5, 5.41) is 0. The molecule has 79 valence electrons. The molecule has 0 N–H and O–H groups in total. The SMILES string of the molecule is C[CH]O[Si](OCC)(OCC)OCC. The maximum Gasteiger partial charge on any atom is 0.680 e. The minimum Gasteiger partial charge on any atom is -0.351 e. The van der Waals surface area contributed by atoms with Crippen LogP contribution in [-0.2, 0) is 17.7 Å². The van der Waals surface area contributed by atoms with E-state index in [9.17, 15) is 0 Å². The Hall–Kier alpha value is 0.0569. The first kappa shape index (κ1) is 13.1. The molecular weight excluding hydrogens is 188 g/mol. The van der Waals surface area contributed by atoms with Crippen molar-refractivity contribution in [2.24, 2.45) is 0 Å². The van der Waals surface area contributed by atoms with Crippen molar-refractivity contribution in [2.45, 2.75) is 27.7 Å².